The van der Waals surface area contributed by atoms with Crippen LogP contribution in [0, 0.1) is 0 Å². The van der Waals surface area contributed by atoms with E-state index in [0.29, 0.717) is 0 Å². The van der Waals surface area contributed by atoms with Gasteiger partial charge in [-0.1, -0.05) is 17.3 Å². The standard InChI is InChI=1S/C12H14N4O/c1-17-16-8-6-11(13-7-8)12-14-9-4-2-3-5-10(9)15-12/h2-5,11,13H,6-7H2,1H3,(H,14,15). The topological polar surface area (TPSA) is 62.3 Å². The highest BCUT2D eigenvalue weighted by molar-refractivity contribution is 5.88. The Balaban J connectivity index is 1.87. The summed E-state index contributed by atoms with van der Waals surface area (Å²) < 4.78 is 0. The molecule has 1 unspecified atom stereocenters. The summed E-state index contributed by atoms with van der Waals surface area (Å²) in [5.41, 5.74) is 3.10. The van der Waals surface area contributed by atoms with E-state index in [4.69, 9.17) is 4.84 Å². The van der Waals surface area contributed by atoms with Crippen LogP contribution in [0.15, 0.2) is 29.4 Å². The lowest BCUT2D eigenvalue weighted by atomic mass is 10.2. The number of aromatic nitrogens is 2. The molecule has 1 saturated heterocycles. The Morgan fingerprint density at radius 1 is 1.41 bits per heavy atom. The second kappa shape index (κ2) is 4.18. The largest absolute Gasteiger partial charge is 0.399 e. The van der Waals surface area contributed by atoms with Crippen molar-refractivity contribution in [1.29, 1.82) is 0 Å². The summed E-state index contributed by atoms with van der Waals surface area (Å²) >= 11 is 0. The molecule has 17 heavy (non-hydrogen) atoms. The van der Waals surface area contributed by atoms with Crippen LogP contribution in [0.25, 0.3) is 11.0 Å². The number of para-hydroxylation sites is 2. The number of hydrogen-bond acceptors (Lipinski definition) is 4. The van der Waals surface area contributed by atoms with Crippen molar-refractivity contribution in [3.63, 3.8) is 0 Å². The van der Waals surface area contributed by atoms with Crippen LogP contribution in [-0.2, 0) is 4.84 Å². The molecule has 5 nitrogen and oxygen atoms in total. The minimum Gasteiger partial charge on any atom is -0.399 e. The van der Waals surface area contributed by atoms with E-state index in [1.165, 1.54) is 0 Å². The van der Waals surface area contributed by atoms with Crippen molar-refractivity contribution in [2.45, 2.75) is 12.5 Å². The van der Waals surface area contributed by atoms with Gasteiger partial charge in [-0.15, -0.1) is 0 Å². The van der Waals surface area contributed by atoms with Crippen LogP contribution in [0.4, 0.5) is 0 Å². The Morgan fingerprint density at radius 3 is 3.12 bits per heavy atom. The Morgan fingerprint density at radius 2 is 2.29 bits per heavy atom. The minimum absolute atomic E-state index is 0.205. The van der Waals surface area contributed by atoms with Gasteiger partial charge in [0.25, 0.3) is 0 Å². The predicted molar refractivity (Wildman–Crippen MR) is 65.9 cm³/mol. The maximum absolute atomic E-state index is 4.79. The number of imidazole rings is 1. The monoisotopic (exact) mass is 230 g/mol. The molecule has 0 bridgehead atoms. The van der Waals surface area contributed by atoms with E-state index in [1.807, 2.05) is 24.3 Å². The maximum atomic E-state index is 4.79. The van der Waals surface area contributed by atoms with Crippen LogP contribution in [-0.4, -0.2) is 29.3 Å². The van der Waals surface area contributed by atoms with Crippen molar-refractivity contribution in [3.8, 4) is 0 Å². The molecular weight excluding hydrogens is 216 g/mol. The third-order valence-electron chi connectivity index (χ3n) is 2.95. The van der Waals surface area contributed by atoms with Crippen LogP contribution >= 0.6 is 0 Å². The van der Waals surface area contributed by atoms with E-state index in [-0.39, 0.29) is 6.04 Å². The average Bonchev–Trinajstić information content (AvgIpc) is 2.94. The van der Waals surface area contributed by atoms with E-state index >= 15 is 0 Å². The molecule has 1 aliphatic rings. The number of aromatic amines is 1. The zero-order chi connectivity index (χ0) is 11.7. The summed E-state index contributed by atoms with van der Waals surface area (Å²) in [6.45, 7) is 0.759. The van der Waals surface area contributed by atoms with Crippen molar-refractivity contribution < 1.29 is 4.84 Å². The smallest absolute Gasteiger partial charge is 0.124 e. The first kappa shape index (κ1) is 10.3. The molecular formula is C12H14N4O. The first-order valence-corrected chi connectivity index (χ1v) is 5.64. The summed E-state index contributed by atoms with van der Waals surface area (Å²) in [6, 6.07) is 8.24. The number of oxime groups is 1. The fraction of sp³-hybridized carbons (Fsp3) is 0.333. The fourth-order valence-corrected chi connectivity index (χ4v) is 2.15. The highest BCUT2D eigenvalue weighted by Crippen LogP contribution is 2.22. The Hall–Kier alpha value is -1.88. The van der Waals surface area contributed by atoms with Gasteiger partial charge in [-0.05, 0) is 12.1 Å². The minimum atomic E-state index is 0.205. The first-order chi connectivity index (χ1) is 8.36. The number of benzene rings is 1. The molecule has 0 amide bonds. The van der Waals surface area contributed by atoms with Gasteiger partial charge in [0, 0.05) is 13.0 Å². The molecule has 0 saturated carbocycles. The van der Waals surface area contributed by atoms with Gasteiger partial charge in [0.2, 0.25) is 0 Å². The maximum Gasteiger partial charge on any atom is 0.124 e. The summed E-state index contributed by atoms with van der Waals surface area (Å²) in [4.78, 5) is 12.7. The first-order valence-electron chi connectivity index (χ1n) is 5.64. The zero-order valence-electron chi connectivity index (χ0n) is 9.60. The van der Waals surface area contributed by atoms with Gasteiger partial charge in [0.05, 0.1) is 22.8 Å². The van der Waals surface area contributed by atoms with Crippen LogP contribution in [0.5, 0.6) is 0 Å². The van der Waals surface area contributed by atoms with Gasteiger partial charge in [0.1, 0.15) is 12.9 Å². The van der Waals surface area contributed by atoms with Gasteiger partial charge >= 0.3 is 0 Å². The number of hydrogen-bond donors (Lipinski definition) is 2. The lowest BCUT2D eigenvalue weighted by Gasteiger charge is -2.03. The van der Waals surface area contributed by atoms with Crippen molar-refractivity contribution in [1.82, 2.24) is 15.3 Å². The summed E-state index contributed by atoms with van der Waals surface area (Å²) in [5.74, 6) is 0.965. The number of nitrogens with one attached hydrogen (secondary N) is 2. The van der Waals surface area contributed by atoms with Crippen molar-refractivity contribution in [2.24, 2.45) is 5.16 Å². The van der Waals surface area contributed by atoms with Crippen molar-refractivity contribution in [2.75, 3.05) is 13.7 Å². The second-order valence-electron chi connectivity index (χ2n) is 4.12. The van der Waals surface area contributed by atoms with Gasteiger partial charge in [-0.3, -0.25) is 0 Å². The number of rotatable bonds is 2. The third kappa shape index (κ3) is 1.89. The van der Waals surface area contributed by atoms with Crippen LogP contribution in [0.3, 0.4) is 0 Å². The van der Waals surface area contributed by atoms with Gasteiger partial charge in [-0.2, -0.15) is 0 Å². The van der Waals surface area contributed by atoms with Crippen molar-refractivity contribution >= 4 is 16.7 Å². The predicted octanol–water partition coefficient (Wildman–Crippen LogP) is 1.60. The normalized spacial score (nSPS) is 22.4. The van der Waals surface area contributed by atoms with E-state index in [0.717, 1.165) is 35.5 Å². The quantitative estimate of drug-likeness (QED) is 0.770. The van der Waals surface area contributed by atoms with Crippen LogP contribution in [0.1, 0.15) is 18.3 Å². The molecule has 1 fully saturated rings. The number of fused-ring (bicyclic) bond motifs is 1. The lowest BCUT2D eigenvalue weighted by Crippen LogP contribution is -2.14. The number of H-pyrrole nitrogens is 1. The molecule has 1 aromatic carbocycles. The molecule has 1 aromatic heterocycles. The van der Waals surface area contributed by atoms with E-state index in [2.05, 4.69) is 20.4 Å². The molecule has 88 valence electrons. The van der Waals surface area contributed by atoms with E-state index < -0.39 is 0 Å². The number of nitrogens with zero attached hydrogens (tertiary/aromatic N) is 2. The van der Waals surface area contributed by atoms with Crippen LogP contribution < -0.4 is 5.32 Å². The Kier molecular flexibility index (Phi) is 2.53. The molecule has 5 heteroatoms. The van der Waals surface area contributed by atoms with Gasteiger partial charge in [-0.25, -0.2) is 4.98 Å². The Bertz CT molecular complexity index is 527. The molecule has 2 aromatic rings. The lowest BCUT2D eigenvalue weighted by molar-refractivity contribution is 0.212. The van der Waals surface area contributed by atoms with Gasteiger partial charge < -0.3 is 15.1 Å². The highest BCUT2D eigenvalue weighted by Gasteiger charge is 2.24. The third-order valence-corrected chi connectivity index (χ3v) is 2.95. The van der Waals surface area contributed by atoms with Gasteiger partial charge in [0.15, 0.2) is 0 Å². The molecule has 3 rings (SSSR count). The zero-order valence-corrected chi connectivity index (χ0v) is 9.60. The van der Waals surface area contributed by atoms with Crippen molar-refractivity contribution in [3.05, 3.63) is 30.1 Å². The Labute approximate surface area is 98.9 Å². The summed E-state index contributed by atoms with van der Waals surface area (Å²) in [7, 11) is 1.57. The SMILES string of the molecule is CON=C1CNC(c2nc3ccccc3[nH]2)C1. The fourth-order valence-electron chi connectivity index (χ4n) is 2.15. The highest BCUT2D eigenvalue weighted by atomic mass is 16.6. The molecule has 1 atom stereocenters. The molecule has 1 aliphatic heterocycles. The molecule has 0 radical (unpaired) electrons. The molecule has 2 heterocycles. The van der Waals surface area contributed by atoms with Crippen LogP contribution in [0.2, 0.25) is 0 Å². The summed E-state index contributed by atoms with van der Waals surface area (Å²) in [5, 5.41) is 7.33. The molecule has 0 aliphatic carbocycles. The summed E-state index contributed by atoms with van der Waals surface area (Å²) in [6.07, 6.45) is 0.841. The van der Waals surface area contributed by atoms with E-state index in [1.54, 1.807) is 7.11 Å². The van der Waals surface area contributed by atoms with E-state index in [9.17, 15) is 0 Å². The molecule has 2 N–H and O–H groups in total. The second-order valence-corrected chi connectivity index (χ2v) is 4.12. The molecule has 0 spiro atoms. The average molecular weight is 230 g/mol.